The number of aromatic nitrogens is 1. The number of anilines is 1. The summed E-state index contributed by atoms with van der Waals surface area (Å²) < 4.78 is 0. The molecule has 0 aromatic carbocycles. The van der Waals surface area contributed by atoms with E-state index in [-0.39, 0.29) is 5.91 Å². The first-order valence-electron chi connectivity index (χ1n) is 6.61. The zero-order valence-electron chi connectivity index (χ0n) is 12.1. The van der Waals surface area contributed by atoms with E-state index in [0.717, 1.165) is 29.2 Å². The van der Waals surface area contributed by atoms with Gasteiger partial charge < -0.3 is 16.0 Å². The van der Waals surface area contributed by atoms with Crippen molar-refractivity contribution in [2.24, 2.45) is 5.73 Å². The quantitative estimate of drug-likeness (QED) is 0.829. The molecule has 1 aliphatic rings. The van der Waals surface area contributed by atoms with Crippen LogP contribution in [0.15, 0.2) is 6.07 Å². The molecule has 0 saturated carbocycles. The van der Waals surface area contributed by atoms with Gasteiger partial charge in [-0.1, -0.05) is 0 Å². The summed E-state index contributed by atoms with van der Waals surface area (Å²) in [5, 5.41) is 2.91. The molecule has 5 heteroatoms. The van der Waals surface area contributed by atoms with Crippen LogP contribution in [-0.4, -0.2) is 29.5 Å². The molecule has 0 bridgehead atoms. The van der Waals surface area contributed by atoms with Crippen LogP contribution in [0.5, 0.6) is 0 Å². The molecule has 2 heterocycles. The van der Waals surface area contributed by atoms with E-state index in [4.69, 9.17) is 5.73 Å². The molecule has 3 N–H and O–H groups in total. The Kier molecular flexibility index (Phi) is 3.49. The van der Waals surface area contributed by atoms with Gasteiger partial charge in [0.05, 0.1) is 0 Å². The number of piperazine rings is 1. The normalized spacial score (nSPS) is 18.4. The standard InChI is InChI=1S/C14H22N4O/c1-9-7-12(11(8-15)10(2)17-9)18-6-5-16-13(19)14(18,3)4/h7H,5-6,8,15H2,1-4H3,(H,16,19). The maximum Gasteiger partial charge on any atom is 0.245 e. The molecule has 104 valence electrons. The number of pyridine rings is 1. The van der Waals surface area contributed by atoms with Crippen LogP contribution in [0.25, 0.3) is 0 Å². The van der Waals surface area contributed by atoms with Crippen molar-refractivity contribution in [3.05, 3.63) is 23.0 Å². The number of hydrogen-bond donors (Lipinski definition) is 2. The van der Waals surface area contributed by atoms with Crippen molar-refractivity contribution >= 4 is 11.6 Å². The maximum absolute atomic E-state index is 12.1. The molecule has 0 radical (unpaired) electrons. The SMILES string of the molecule is Cc1cc(N2CCNC(=O)C2(C)C)c(CN)c(C)n1. The van der Waals surface area contributed by atoms with Crippen molar-refractivity contribution in [3.8, 4) is 0 Å². The highest BCUT2D eigenvalue weighted by Gasteiger charge is 2.38. The van der Waals surface area contributed by atoms with Crippen molar-refractivity contribution in [1.82, 2.24) is 10.3 Å². The van der Waals surface area contributed by atoms with Crippen LogP contribution in [0, 0.1) is 13.8 Å². The predicted molar refractivity (Wildman–Crippen MR) is 76.0 cm³/mol. The molecule has 1 aromatic heterocycles. The van der Waals surface area contributed by atoms with Gasteiger partial charge in [-0.15, -0.1) is 0 Å². The van der Waals surface area contributed by atoms with Gasteiger partial charge in [0.1, 0.15) is 5.54 Å². The lowest BCUT2D eigenvalue weighted by molar-refractivity contribution is -0.126. The van der Waals surface area contributed by atoms with E-state index in [0.29, 0.717) is 13.1 Å². The van der Waals surface area contributed by atoms with Gasteiger partial charge in [-0.05, 0) is 33.8 Å². The van der Waals surface area contributed by atoms with Crippen LogP contribution in [-0.2, 0) is 11.3 Å². The molecular formula is C14H22N4O. The minimum Gasteiger partial charge on any atom is -0.355 e. The molecular weight excluding hydrogens is 240 g/mol. The summed E-state index contributed by atoms with van der Waals surface area (Å²) in [5.74, 6) is 0.0499. The van der Waals surface area contributed by atoms with E-state index in [1.807, 2.05) is 33.8 Å². The fraction of sp³-hybridized carbons (Fsp3) is 0.571. The Labute approximate surface area is 114 Å². The molecule has 0 unspecified atom stereocenters. The van der Waals surface area contributed by atoms with Crippen molar-refractivity contribution in [3.63, 3.8) is 0 Å². The molecule has 19 heavy (non-hydrogen) atoms. The topological polar surface area (TPSA) is 71.2 Å². The Morgan fingerprint density at radius 1 is 1.47 bits per heavy atom. The third-order valence-corrected chi connectivity index (χ3v) is 3.78. The molecule has 1 amide bonds. The van der Waals surface area contributed by atoms with Crippen molar-refractivity contribution in [2.75, 3.05) is 18.0 Å². The molecule has 0 aliphatic carbocycles. The number of nitrogens with two attached hydrogens (primary N) is 1. The largest absolute Gasteiger partial charge is 0.355 e. The average Bonchev–Trinajstić information content (AvgIpc) is 2.31. The van der Waals surface area contributed by atoms with E-state index in [9.17, 15) is 4.79 Å². The Balaban J connectivity index is 2.54. The van der Waals surface area contributed by atoms with Crippen molar-refractivity contribution in [1.29, 1.82) is 0 Å². The zero-order valence-corrected chi connectivity index (χ0v) is 12.1. The molecule has 1 saturated heterocycles. The van der Waals surface area contributed by atoms with Gasteiger partial charge in [0, 0.05) is 42.3 Å². The lowest BCUT2D eigenvalue weighted by atomic mass is 9.96. The first-order valence-corrected chi connectivity index (χ1v) is 6.61. The summed E-state index contributed by atoms with van der Waals surface area (Å²) in [4.78, 5) is 18.7. The summed E-state index contributed by atoms with van der Waals surface area (Å²) in [6.45, 7) is 9.69. The highest BCUT2D eigenvalue weighted by atomic mass is 16.2. The van der Waals surface area contributed by atoms with Gasteiger partial charge in [-0.3, -0.25) is 9.78 Å². The molecule has 1 aliphatic heterocycles. The monoisotopic (exact) mass is 262 g/mol. The first-order chi connectivity index (χ1) is 8.87. The zero-order chi connectivity index (χ0) is 14.2. The summed E-state index contributed by atoms with van der Waals surface area (Å²) in [7, 11) is 0. The third kappa shape index (κ3) is 2.30. The lowest BCUT2D eigenvalue weighted by Gasteiger charge is -2.43. The Hall–Kier alpha value is -1.62. The molecule has 1 fully saturated rings. The van der Waals surface area contributed by atoms with E-state index in [2.05, 4.69) is 15.2 Å². The summed E-state index contributed by atoms with van der Waals surface area (Å²) in [6.07, 6.45) is 0. The molecule has 1 aromatic rings. The fourth-order valence-electron chi connectivity index (χ4n) is 2.65. The molecule has 0 atom stereocenters. The minimum absolute atomic E-state index is 0.0499. The number of rotatable bonds is 2. The Morgan fingerprint density at radius 3 is 2.79 bits per heavy atom. The van der Waals surface area contributed by atoms with Crippen LogP contribution in [0.4, 0.5) is 5.69 Å². The van der Waals surface area contributed by atoms with E-state index in [1.54, 1.807) is 0 Å². The minimum atomic E-state index is -0.567. The number of nitrogens with one attached hydrogen (secondary N) is 1. The summed E-state index contributed by atoms with van der Waals surface area (Å²) in [6, 6.07) is 2.02. The van der Waals surface area contributed by atoms with Gasteiger partial charge in [0.25, 0.3) is 0 Å². The van der Waals surface area contributed by atoms with Gasteiger partial charge in [-0.2, -0.15) is 0 Å². The summed E-state index contributed by atoms with van der Waals surface area (Å²) in [5.41, 5.74) is 9.25. The Morgan fingerprint density at radius 2 is 2.16 bits per heavy atom. The third-order valence-electron chi connectivity index (χ3n) is 3.78. The number of carbonyl (C=O) groups is 1. The molecule has 2 rings (SSSR count). The van der Waals surface area contributed by atoms with Crippen LogP contribution in [0.3, 0.4) is 0 Å². The second-order valence-electron chi connectivity index (χ2n) is 5.52. The van der Waals surface area contributed by atoms with Crippen molar-refractivity contribution in [2.45, 2.75) is 39.8 Å². The highest BCUT2D eigenvalue weighted by Crippen LogP contribution is 2.30. The second-order valence-corrected chi connectivity index (χ2v) is 5.52. The molecule has 0 spiro atoms. The van der Waals surface area contributed by atoms with Gasteiger partial charge in [0.15, 0.2) is 0 Å². The van der Waals surface area contributed by atoms with Crippen LogP contribution >= 0.6 is 0 Å². The highest BCUT2D eigenvalue weighted by molar-refractivity contribution is 5.90. The van der Waals surface area contributed by atoms with Crippen LogP contribution in [0.2, 0.25) is 0 Å². The van der Waals surface area contributed by atoms with Crippen LogP contribution in [0.1, 0.15) is 30.8 Å². The second kappa shape index (κ2) is 4.81. The first kappa shape index (κ1) is 13.8. The average molecular weight is 262 g/mol. The number of carbonyl (C=O) groups excluding carboxylic acids is 1. The van der Waals surface area contributed by atoms with E-state index < -0.39 is 5.54 Å². The number of hydrogen-bond acceptors (Lipinski definition) is 4. The number of aryl methyl sites for hydroxylation is 2. The van der Waals surface area contributed by atoms with Gasteiger partial charge >= 0.3 is 0 Å². The number of amides is 1. The van der Waals surface area contributed by atoms with E-state index in [1.165, 1.54) is 0 Å². The Bertz CT molecular complexity index is 510. The predicted octanol–water partition coefficient (Wildman–Crippen LogP) is 0.872. The maximum atomic E-state index is 12.1. The van der Waals surface area contributed by atoms with E-state index >= 15 is 0 Å². The molecule has 5 nitrogen and oxygen atoms in total. The smallest absolute Gasteiger partial charge is 0.245 e. The number of nitrogens with zero attached hydrogens (tertiary/aromatic N) is 2. The van der Waals surface area contributed by atoms with Gasteiger partial charge in [-0.25, -0.2) is 0 Å². The lowest BCUT2D eigenvalue weighted by Crippen LogP contribution is -2.62. The van der Waals surface area contributed by atoms with Gasteiger partial charge in [0.2, 0.25) is 5.91 Å². The van der Waals surface area contributed by atoms with Crippen LogP contribution < -0.4 is 16.0 Å². The summed E-state index contributed by atoms with van der Waals surface area (Å²) >= 11 is 0. The fourth-order valence-corrected chi connectivity index (χ4v) is 2.65. The van der Waals surface area contributed by atoms with Crippen molar-refractivity contribution < 1.29 is 4.79 Å².